The van der Waals surface area contributed by atoms with Crippen LogP contribution in [0, 0.1) is 0 Å². The Hall–Kier alpha value is -1.06. The zero-order valence-electron chi connectivity index (χ0n) is 12.9. The van der Waals surface area contributed by atoms with Crippen molar-refractivity contribution in [2.45, 2.75) is 39.3 Å². The van der Waals surface area contributed by atoms with Crippen molar-refractivity contribution in [1.82, 2.24) is 10.2 Å². The molecule has 3 nitrogen and oxygen atoms in total. The predicted molar refractivity (Wildman–Crippen MR) is 81.8 cm³/mol. The summed E-state index contributed by atoms with van der Waals surface area (Å²) in [6, 6.07) is 8.65. The highest BCUT2D eigenvalue weighted by Gasteiger charge is 2.16. The third kappa shape index (κ3) is 5.62. The SMILES string of the molecule is CCCNC(CN(C)C)c1ccccc1OC(C)C. The molecule has 0 fully saturated rings. The van der Waals surface area contributed by atoms with Gasteiger partial charge in [0.1, 0.15) is 5.75 Å². The van der Waals surface area contributed by atoms with Crippen LogP contribution in [0.15, 0.2) is 24.3 Å². The molecule has 1 N–H and O–H groups in total. The molecule has 19 heavy (non-hydrogen) atoms. The van der Waals surface area contributed by atoms with Gasteiger partial charge < -0.3 is 15.0 Å². The minimum Gasteiger partial charge on any atom is -0.491 e. The fourth-order valence-electron chi connectivity index (χ4n) is 2.09. The van der Waals surface area contributed by atoms with E-state index in [1.54, 1.807) is 0 Å². The van der Waals surface area contributed by atoms with Crippen LogP contribution >= 0.6 is 0 Å². The lowest BCUT2D eigenvalue weighted by atomic mass is 10.0. The summed E-state index contributed by atoms with van der Waals surface area (Å²) < 4.78 is 5.93. The molecule has 0 bridgehead atoms. The number of rotatable bonds is 8. The summed E-state index contributed by atoms with van der Waals surface area (Å²) in [6.07, 6.45) is 1.34. The molecule has 1 unspecified atom stereocenters. The normalized spacial score (nSPS) is 13.0. The molecule has 0 spiro atoms. The third-order valence-electron chi connectivity index (χ3n) is 2.85. The first-order valence-electron chi connectivity index (χ1n) is 7.18. The Morgan fingerprint density at radius 2 is 1.89 bits per heavy atom. The second-order valence-corrected chi connectivity index (χ2v) is 5.47. The van der Waals surface area contributed by atoms with E-state index in [2.05, 4.69) is 63.3 Å². The number of benzene rings is 1. The second kappa shape index (κ2) is 8.18. The number of hydrogen-bond donors (Lipinski definition) is 1. The van der Waals surface area contributed by atoms with Crippen molar-refractivity contribution in [3.05, 3.63) is 29.8 Å². The van der Waals surface area contributed by atoms with Crippen molar-refractivity contribution in [3.63, 3.8) is 0 Å². The summed E-state index contributed by atoms with van der Waals surface area (Å²) in [5.41, 5.74) is 1.25. The van der Waals surface area contributed by atoms with Crippen LogP contribution in [0.2, 0.25) is 0 Å². The molecule has 0 aromatic heterocycles. The van der Waals surface area contributed by atoms with Gasteiger partial charge >= 0.3 is 0 Å². The fraction of sp³-hybridized carbons (Fsp3) is 0.625. The van der Waals surface area contributed by atoms with E-state index in [0.717, 1.165) is 25.3 Å². The number of likely N-dealkylation sites (N-methyl/N-ethyl adjacent to an activating group) is 1. The molecule has 3 heteroatoms. The van der Waals surface area contributed by atoms with Crippen LogP contribution in [0.25, 0.3) is 0 Å². The first-order valence-corrected chi connectivity index (χ1v) is 7.18. The third-order valence-corrected chi connectivity index (χ3v) is 2.85. The van der Waals surface area contributed by atoms with Gasteiger partial charge in [-0.25, -0.2) is 0 Å². The van der Waals surface area contributed by atoms with Gasteiger partial charge in [0.25, 0.3) is 0 Å². The first kappa shape index (κ1) is 16.0. The van der Waals surface area contributed by atoms with Crippen LogP contribution < -0.4 is 10.1 Å². The van der Waals surface area contributed by atoms with Crippen molar-refractivity contribution in [1.29, 1.82) is 0 Å². The zero-order chi connectivity index (χ0) is 14.3. The minimum absolute atomic E-state index is 0.201. The Labute approximate surface area is 118 Å². The molecule has 1 rings (SSSR count). The molecule has 0 saturated carbocycles. The molecule has 0 radical (unpaired) electrons. The molecule has 1 aromatic rings. The maximum Gasteiger partial charge on any atom is 0.124 e. The highest BCUT2D eigenvalue weighted by atomic mass is 16.5. The van der Waals surface area contributed by atoms with Crippen molar-refractivity contribution < 1.29 is 4.74 Å². The maximum absolute atomic E-state index is 5.93. The standard InChI is InChI=1S/C16H28N2O/c1-6-11-17-15(12-18(4)5)14-9-7-8-10-16(14)19-13(2)3/h7-10,13,15,17H,6,11-12H2,1-5H3. The topological polar surface area (TPSA) is 24.5 Å². The summed E-state index contributed by atoms with van der Waals surface area (Å²) in [5, 5.41) is 3.61. The fourth-order valence-corrected chi connectivity index (χ4v) is 2.09. The van der Waals surface area contributed by atoms with E-state index < -0.39 is 0 Å². The number of hydrogen-bond acceptors (Lipinski definition) is 3. The molecule has 1 aromatic carbocycles. The van der Waals surface area contributed by atoms with Gasteiger partial charge in [-0.1, -0.05) is 25.1 Å². The first-order chi connectivity index (χ1) is 9.04. The van der Waals surface area contributed by atoms with Gasteiger partial charge in [0, 0.05) is 18.2 Å². The van der Waals surface area contributed by atoms with Gasteiger partial charge in [-0.3, -0.25) is 0 Å². The molecule has 0 aliphatic carbocycles. The summed E-state index contributed by atoms with van der Waals surface area (Å²) in [7, 11) is 4.21. The van der Waals surface area contributed by atoms with Gasteiger partial charge in [0.05, 0.1) is 6.10 Å². The van der Waals surface area contributed by atoms with E-state index in [0.29, 0.717) is 6.04 Å². The summed E-state index contributed by atoms with van der Waals surface area (Å²) >= 11 is 0. The van der Waals surface area contributed by atoms with Crippen LogP contribution in [0.3, 0.4) is 0 Å². The van der Waals surface area contributed by atoms with Crippen LogP contribution in [-0.4, -0.2) is 38.2 Å². The van der Waals surface area contributed by atoms with Gasteiger partial charge in [0.15, 0.2) is 0 Å². The lowest BCUT2D eigenvalue weighted by molar-refractivity contribution is 0.235. The summed E-state index contributed by atoms with van der Waals surface area (Å²) in [4.78, 5) is 2.21. The molecule has 0 amide bonds. The Balaban J connectivity index is 2.92. The van der Waals surface area contributed by atoms with Crippen molar-refractivity contribution in [2.75, 3.05) is 27.2 Å². The number of nitrogens with one attached hydrogen (secondary N) is 1. The van der Waals surface area contributed by atoms with E-state index in [1.165, 1.54) is 5.56 Å². The monoisotopic (exact) mass is 264 g/mol. The number of ether oxygens (including phenoxy) is 1. The highest BCUT2D eigenvalue weighted by Crippen LogP contribution is 2.26. The lowest BCUT2D eigenvalue weighted by Crippen LogP contribution is -2.32. The van der Waals surface area contributed by atoms with E-state index in [1.807, 2.05) is 6.07 Å². The van der Waals surface area contributed by atoms with Crippen LogP contribution in [0.5, 0.6) is 5.75 Å². The molecular formula is C16H28N2O. The quantitative estimate of drug-likeness (QED) is 0.781. The number of para-hydroxylation sites is 1. The Kier molecular flexibility index (Phi) is 6.89. The smallest absolute Gasteiger partial charge is 0.124 e. The molecule has 108 valence electrons. The lowest BCUT2D eigenvalue weighted by Gasteiger charge is -2.25. The van der Waals surface area contributed by atoms with Crippen LogP contribution in [0.1, 0.15) is 38.8 Å². The zero-order valence-corrected chi connectivity index (χ0v) is 12.9. The average Bonchev–Trinajstić information content (AvgIpc) is 2.34. The van der Waals surface area contributed by atoms with Crippen LogP contribution in [-0.2, 0) is 0 Å². The van der Waals surface area contributed by atoms with Gasteiger partial charge in [-0.2, -0.15) is 0 Å². The van der Waals surface area contributed by atoms with E-state index >= 15 is 0 Å². The Morgan fingerprint density at radius 1 is 1.21 bits per heavy atom. The molecule has 0 saturated heterocycles. The molecule has 0 aliphatic rings. The maximum atomic E-state index is 5.93. The number of nitrogens with zero attached hydrogens (tertiary/aromatic N) is 1. The molecule has 0 heterocycles. The van der Waals surface area contributed by atoms with Gasteiger partial charge in [0.2, 0.25) is 0 Å². The largest absolute Gasteiger partial charge is 0.491 e. The Morgan fingerprint density at radius 3 is 2.47 bits per heavy atom. The van der Waals surface area contributed by atoms with Gasteiger partial charge in [-0.05, 0) is 47.0 Å². The average molecular weight is 264 g/mol. The Bertz CT molecular complexity index is 364. The van der Waals surface area contributed by atoms with Crippen LogP contribution in [0.4, 0.5) is 0 Å². The molecular weight excluding hydrogens is 236 g/mol. The van der Waals surface area contributed by atoms with Crippen molar-refractivity contribution in [3.8, 4) is 5.75 Å². The summed E-state index contributed by atoms with van der Waals surface area (Å²) in [5.74, 6) is 0.993. The predicted octanol–water partition coefficient (Wildman–Crippen LogP) is 3.08. The van der Waals surface area contributed by atoms with E-state index in [9.17, 15) is 0 Å². The van der Waals surface area contributed by atoms with E-state index in [4.69, 9.17) is 4.74 Å². The van der Waals surface area contributed by atoms with Gasteiger partial charge in [-0.15, -0.1) is 0 Å². The summed E-state index contributed by atoms with van der Waals surface area (Å²) in [6.45, 7) is 8.32. The van der Waals surface area contributed by atoms with E-state index in [-0.39, 0.29) is 6.10 Å². The molecule has 0 aliphatic heterocycles. The van der Waals surface area contributed by atoms with Crippen molar-refractivity contribution in [2.24, 2.45) is 0 Å². The van der Waals surface area contributed by atoms with Crippen molar-refractivity contribution >= 4 is 0 Å². The molecule has 1 atom stereocenters. The highest BCUT2D eigenvalue weighted by molar-refractivity contribution is 5.36. The second-order valence-electron chi connectivity index (χ2n) is 5.47. The minimum atomic E-state index is 0.201.